The Kier molecular flexibility index (Phi) is 2.42. The molecular formula is C6H9Cl2NO. The molecule has 0 aromatic carbocycles. The van der Waals surface area contributed by atoms with Gasteiger partial charge in [-0.25, -0.2) is 0 Å². The van der Waals surface area contributed by atoms with Gasteiger partial charge >= 0.3 is 0 Å². The second kappa shape index (κ2) is 2.97. The number of likely N-dealkylation sites (tertiary alicyclic amines) is 1. The van der Waals surface area contributed by atoms with Gasteiger partial charge in [-0.3, -0.25) is 4.79 Å². The monoisotopic (exact) mass is 181 g/mol. The number of hydrogen-bond acceptors (Lipinski definition) is 1. The minimum absolute atomic E-state index is 0.00711. The highest BCUT2D eigenvalue weighted by Crippen LogP contribution is 2.22. The van der Waals surface area contributed by atoms with Gasteiger partial charge in [-0.1, -0.05) is 0 Å². The van der Waals surface area contributed by atoms with Crippen LogP contribution in [-0.2, 0) is 4.79 Å². The van der Waals surface area contributed by atoms with E-state index in [0.29, 0.717) is 12.4 Å². The number of halogens is 2. The molecule has 2 unspecified atom stereocenters. The molecule has 0 N–H and O–H groups in total. The number of alkyl halides is 2. The first-order valence-corrected chi connectivity index (χ1v) is 4.09. The van der Waals surface area contributed by atoms with E-state index in [-0.39, 0.29) is 11.8 Å². The van der Waals surface area contributed by atoms with Gasteiger partial charge < -0.3 is 4.90 Å². The predicted molar refractivity (Wildman–Crippen MR) is 41.5 cm³/mol. The quantitative estimate of drug-likeness (QED) is 0.552. The first-order valence-electron chi connectivity index (χ1n) is 3.12. The first-order chi connectivity index (χ1) is 4.66. The van der Waals surface area contributed by atoms with E-state index < -0.39 is 5.38 Å². The van der Waals surface area contributed by atoms with Crippen molar-refractivity contribution in [2.45, 2.75) is 5.38 Å². The van der Waals surface area contributed by atoms with Crippen LogP contribution in [0.25, 0.3) is 0 Å². The van der Waals surface area contributed by atoms with Crippen LogP contribution in [0.3, 0.4) is 0 Å². The maximum Gasteiger partial charge on any atom is 0.240 e. The SMILES string of the molecule is CN1CC(CCl)C(Cl)C1=O. The summed E-state index contributed by atoms with van der Waals surface area (Å²) in [6.45, 7) is 0.691. The normalized spacial score (nSPS) is 33.5. The van der Waals surface area contributed by atoms with E-state index in [0.717, 1.165) is 0 Å². The topological polar surface area (TPSA) is 20.3 Å². The van der Waals surface area contributed by atoms with Crippen LogP contribution in [-0.4, -0.2) is 35.7 Å². The summed E-state index contributed by atoms with van der Waals surface area (Å²) >= 11 is 11.3. The molecule has 1 fully saturated rings. The molecule has 0 spiro atoms. The summed E-state index contributed by atoms with van der Waals surface area (Å²) in [6.07, 6.45) is 0. The summed E-state index contributed by atoms with van der Waals surface area (Å²) in [7, 11) is 1.74. The lowest BCUT2D eigenvalue weighted by atomic mass is 10.1. The summed E-state index contributed by atoms with van der Waals surface area (Å²) in [5.41, 5.74) is 0. The molecule has 0 saturated carbocycles. The molecule has 2 nitrogen and oxygen atoms in total. The van der Waals surface area contributed by atoms with E-state index >= 15 is 0 Å². The van der Waals surface area contributed by atoms with Crippen molar-refractivity contribution in [2.24, 2.45) is 5.92 Å². The largest absolute Gasteiger partial charge is 0.344 e. The lowest BCUT2D eigenvalue weighted by molar-refractivity contribution is -0.126. The molecule has 1 saturated heterocycles. The fourth-order valence-corrected chi connectivity index (χ4v) is 1.78. The molecule has 1 amide bonds. The molecule has 1 rings (SSSR count). The van der Waals surface area contributed by atoms with Crippen LogP contribution in [0, 0.1) is 5.92 Å². The van der Waals surface area contributed by atoms with Gasteiger partial charge in [-0.05, 0) is 0 Å². The van der Waals surface area contributed by atoms with Gasteiger partial charge in [0.15, 0.2) is 0 Å². The Labute approximate surface area is 70.1 Å². The minimum Gasteiger partial charge on any atom is -0.344 e. The summed E-state index contributed by atoms with van der Waals surface area (Å²) in [5.74, 6) is 0.581. The van der Waals surface area contributed by atoms with E-state index in [1.54, 1.807) is 11.9 Å². The number of hydrogen-bond donors (Lipinski definition) is 0. The lowest BCUT2D eigenvalue weighted by Gasteiger charge is -2.05. The summed E-state index contributed by atoms with van der Waals surface area (Å²) in [5, 5.41) is -0.400. The average Bonchev–Trinajstić information content (AvgIpc) is 2.17. The molecule has 1 aliphatic heterocycles. The smallest absolute Gasteiger partial charge is 0.240 e. The van der Waals surface area contributed by atoms with Gasteiger partial charge in [0.25, 0.3) is 0 Å². The second-order valence-corrected chi connectivity index (χ2v) is 3.31. The van der Waals surface area contributed by atoms with Gasteiger partial charge in [0.05, 0.1) is 0 Å². The Morgan fingerprint density at radius 2 is 2.40 bits per heavy atom. The van der Waals surface area contributed by atoms with Crippen molar-refractivity contribution in [3.8, 4) is 0 Å². The number of amides is 1. The Morgan fingerprint density at radius 1 is 1.80 bits per heavy atom. The van der Waals surface area contributed by atoms with E-state index in [2.05, 4.69) is 0 Å². The summed E-state index contributed by atoms with van der Waals surface area (Å²) < 4.78 is 0. The van der Waals surface area contributed by atoms with Gasteiger partial charge in [0, 0.05) is 25.4 Å². The van der Waals surface area contributed by atoms with Crippen LogP contribution < -0.4 is 0 Å². The van der Waals surface area contributed by atoms with Crippen molar-refractivity contribution in [3.63, 3.8) is 0 Å². The van der Waals surface area contributed by atoms with Gasteiger partial charge in [-0.2, -0.15) is 0 Å². The number of rotatable bonds is 1. The number of carbonyl (C=O) groups is 1. The second-order valence-electron chi connectivity index (χ2n) is 2.53. The van der Waals surface area contributed by atoms with Crippen LogP contribution in [0.2, 0.25) is 0 Å². The summed E-state index contributed by atoms with van der Waals surface area (Å²) in [6, 6.07) is 0. The first kappa shape index (κ1) is 8.15. The van der Waals surface area contributed by atoms with E-state index in [1.807, 2.05) is 0 Å². The molecule has 4 heteroatoms. The Morgan fingerprint density at radius 3 is 2.60 bits per heavy atom. The molecule has 10 heavy (non-hydrogen) atoms. The fourth-order valence-electron chi connectivity index (χ4n) is 1.07. The van der Waals surface area contributed by atoms with Crippen LogP contribution >= 0.6 is 23.2 Å². The van der Waals surface area contributed by atoms with Crippen molar-refractivity contribution in [2.75, 3.05) is 19.5 Å². The third-order valence-corrected chi connectivity index (χ3v) is 2.67. The van der Waals surface area contributed by atoms with E-state index in [4.69, 9.17) is 23.2 Å². The van der Waals surface area contributed by atoms with Crippen LogP contribution in [0.5, 0.6) is 0 Å². The maximum absolute atomic E-state index is 11.0. The van der Waals surface area contributed by atoms with Crippen molar-refractivity contribution in [3.05, 3.63) is 0 Å². The highest BCUT2D eigenvalue weighted by Gasteiger charge is 2.36. The minimum atomic E-state index is -0.400. The molecule has 0 aliphatic carbocycles. The van der Waals surface area contributed by atoms with Crippen molar-refractivity contribution in [1.82, 2.24) is 4.90 Å². The van der Waals surface area contributed by atoms with E-state index in [9.17, 15) is 4.79 Å². The molecule has 2 atom stereocenters. The van der Waals surface area contributed by atoms with Crippen LogP contribution in [0.4, 0.5) is 0 Å². The highest BCUT2D eigenvalue weighted by molar-refractivity contribution is 6.32. The van der Waals surface area contributed by atoms with Crippen molar-refractivity contribution in [1.29, 1.82) is 0 Å². The molecule has 0 radical (unpaired) electrons. The van der Waals surface area contributed by atoms with Gasteiger partial charge in [-0.15, -0.1) is 23.2 Å². The fraction of sp³-hybridized carbons (Fsp3) is 0.833. The maximum atomic E-state index is 11.0. The molecule has 1 aliphatic rings. The zero-order valence-electron chi connectivity index (χ0n) is 5.68. The van der Waals surface area contributed by atoms with Crippen molar-refractivity contribution >= 4 is 29.1 Å². The van der Waals surface area contributed by atoms with E-state index in [1.165, 1.54) is 0 Å². The van der Waals surface area contributed by atoms with Crippen LogP contribution in [0.1, 0.15) is 0 Å². The molecule has 1 heterocycles. The molecule has 0 aromatic rings. The molecule has 0 bridgehead atoms. The third kappa shape index (κ3) is 1.23. The number of nitrogens with zero attached hydrogens (tertiary/aromatic N) is 1. The predicted octanol–water partition coefficient (Wildman–Crippen LogP) is 0.921. The highest BCUT2D eigenvalue weighted by atomic mass is 35.5. The zero-order valence-corrected chi connectivity index (χ0v) is 7.19. The Hall–Kier alpha value is 0.0500. The van der Waals surface area contributed by atoms with Gasteiger partial charge in [0.2, 0.25) is 5.91 Å². The van der Waals surface area contributed by atoms with Crippen molar-refractivity contribution < 1.29 is 4.79 Å². The standard InChI is InChI=1S/C6H9Cl2NO/c1-9-3-4(2-7)5(8)6(9)10/h4-5H,2-3H2,1H3. The lowest BCUT2D eigenvalue weighted by Crippen LogP contribution is -2.22. The molecule has 0 aromatic heterocycles. The molecular weight excluding hydrogens is 173 g/mol. The Balaban J connectivity index is 2.61. The third-order valence-electron chi connectivity index (χ3n) is 1.73. The van der Waals surface area contributed by atoms with Crippen LogP contribution in [0.15, 0.2) is 0 Å². The Bertz CT molecular complexity index is 151. The zero-order chi connectivity index (χ0) is 7.72. The summed E-state index contributed by atoms with van der Waals surface area (Å²) in [4.78, 5) is 12.6. The number of carbonyl (C=O) groups excluding carboxylic acids is 1. The molecule has 58 valence electrons. The van der Waals surface area contributed by atoms with Gasteiger partial charge in [0.1, 0.15) is 5.38 Å². The average molecular weight is 182 g/mol.